The van der Waals surface area contributed by atoms with E-state index in [-0.39, 0.29) is 0 Å². The number of rotatable bonds is 4. The molecule has 0 aliphatic heterocycles. The zero-order valence-corrected chi connectivity index (χ0v) is 9.88. The second kappa shape index (κ2) is 4.65. The summed E-state index contributed by atoms with van der Waals surface area (Å²) in [5.74, 6) is -0.585. The average molecular weight is 210 g/mol. The van der Waals surface area contributed by atoms with Crippen LogP contribution in [0.15, 0.2) is 24.3 Å². The molecule has 0 spiro atoms. The van der Waals surface area contributed by atoms with Crippen LogP contribution in [-0.2, 0) is 0 Å². The Balaban J connectivity index is 2.94. The number of para-hydroxylation sites is 1. The van der Waals surface area contributed by atoms with Crippen LogP contribution in [0.2, 0.25) is 0 Å². The number of halogens is 1. The molecule has 1 nitrogen and oxygen atoms in total. The van der Waals surface area contributed by atoms with E-state index in [4.69, 9.17) is 4.74 Å². The average Bonchev–Trinajstić information content (AvgIpc) is 2.18. The molecule has 0 saturated carbocycles. The van der Waals surface area contributed by atoms with Crippen molar-refractivity contribution in [3.05, 3.63) is 29.8 Å². The van der Waals surface area contributed by atoms with Gasteiger partial charge in [-0.3, -0.25) is 0 Å². The summed E-state index contributed by atoms with van der Waals surface area (Å²) in [7, 11) is 0. The minimum absolute atomic E-state index is 0.342. The van der Waals surface area contributed by atoms with Crippen LogP contribution in [0, 0.1) is 0 Å². The van der Waals surface area contributed by atoms with Crippen LogP contribution >= 0.6 is 0 Å². The van der Waals surface area contributed by atoms with E-state index in [0.717, 1.165) is 5.56 Å². The molecule has 15 heavy (non-hydrogen) atoms. The summed E-state index contributed by atoms with van der Waals surface area (Å²) in [6.45, 7) is 7.38. The molecule has 0 aromatic heterocycles. The van der Waals surface area contributed by atoms with Gasteiger partial charge in [0.2, 0.25) is 5.85 Å². The molecule has 84 valence electrons. The maximum absolute atomic E-state index is 13.7. The Hall–Kier alpha value is -1.05. The smallest absolute Gasteiger partial charge is 0.245 e. The molecule has 0 aliphatic carbocycles. The summed E-state index contributed by atoms with van der Waals surface area (Å²) >= 11 is 0. The third-order valence-electron chi connectivity index (χ3n) is 2.50. The van der Waals surface area contributed by atoms with Crippen molar-refractivity contribution in [2.24, 2.45) is 0 Å². The number of alkyl halides is 1. The van der Waals surface area contributed by atoms with Crippen LogP contribution < -0.4 is 4.74 Å². The van der Waals surface area contributed by atoms with Crippen molar-refractivity contribution in [1.29, 1.82) is 0 Å². The molecule has 0 heterocycles. The summed E-state index contributed by atoms with van der Waals surface area (Å²) in [6, 6.07) is 7.62. The van der Waals surface area contributed by atoms with E-state index in [1.54, 1.807) is 6.92 Å². The Bertz CT molecular complexity index is 318. The van der Waals surface area contributed by atoms with Crippen molar-refractivity contribution in [3.8, 4) is 5.75 Å². The molecule has 1 atom stereocenters. The summed E-state index contributed by atoms with van der Waals surface area (Å²) < 4.78 is 19.1. The molecule has 0 N–H and O–H groups in total. The molecule has 0 aliphatic rings. The normalized spacial score (nSPS) is 15.1. The first-order chi connectivity index (χ1) is 6.96. The van der Waals surface area contributed by atoms with Crippen LogP contribution in [0.4, 0.5) is 4.39 Å². The highest BCUT2D eigenvalue weighted by Gasteiger charge is 2.23. The monoisotopic (exact) mass is 210 g/mol. The van der Waals surface area contributed by atoms with Gasteiger partial charge >= 0.3 is 0 Å². The number of hydrogen-bond donors (Lipinski definition) is 0. The largest absolute Gasteiger partial charge is 0.458 e. The Morgan fingerprint density at radius 2 is 1.93 bits per heavy atom. The fraction of sp³-hybridized carbons (Fsp3) is 0.538. The summed E-state index contributed by atoms with van der Waals surface area (Å²) in [4.78, 5) is 0. The molecular weight excluding hydrogens is 191 g/mol. The molecule has 0 radical (unpaired) electrons. The third kappa shape index (κ3) is 3.22. The van der Waals surface area contributed by atoms with Crippen molar-refractivity contribution in [3.63, 3.8) is 0 Å². The SMILES string of the molecule is CCC(C)(F)Oc1ccccc1C(C)C. The second-order valence-electron chi connectivity index (χ2n) is 4.25. The molecule has 0 saturated heterocycles. The minimum Gasteiger partial charge on any atom is -0.458 e. The van der Waals surface area contributed by atoms with Gasteiger partial charge in [-0.05, 0) is 17.5 Å². The third-order valence-corrected chi connectivity index (χ3v) is 2.50. The summed E-state index contributed by atoms with van der Waals surface area (Å²) in [6.07, 6.45) is 0.347. The topological polar surface area (TPSA) is 9.23 Å². The van der Waals surface area contributed by atoms with Crippen LogP contribution in [-0.4, -0.2) is 5.85 Å². The highest BCUT2D eigenvalue weighted by molar-refractivity contribution is 5.35. The van der Waals surface area contributed by atoms with E-state index < -0.39 is 5.85 Å². The maximum Gasteiger partial charge on any atom is 0.245 e. The molecule has 2 heteroatoms. The second-order valence-corrected chi connectivity index (χ2v) is 4.25. The lowest BCUT2D eigenvalue weighted by molar-refractivity contribution is -0.0479. The quantitative estimate of drug-likeness (QED) is 0.720. The molecule has 0 bridgehead atoms. The lowest BCUT2D eigenvalue weighted by Gasteiger charge is -2.23. The first-order valence-electron chi connectivity index (χ1n) is 5.43. The lowest BCUT2D eigenvalue weighted by Crippen LogP contribution is -2.25. The molecule has 1 aromatic carbocycles. The number of benzene rings is 1. The maximum atomic E-state index is 13.7. The Morgan fingerprint density at radius 1 is 1.33 bits per heavy atom. The molecule has 1 aromatic rings. The first kappa shape index (κ1) is 12.0. The Morgan fingerprint density at radius 3 is 2.47 bits per heavy atom. The van der Waals surface area contributed by atoms with E-state index in [9.17, 15) is 4.39 Å². The van der Waals surface area contributed by atoms with Gasteiger partial charge in [-0.25, -0.2) is 0 Å². The van der Waals surface area contributed by atoms with Crippen molar-refractivity contribution in [2.75, 3.05) is 0 Å². The van der Waals surface area contributed by atoms with Crippen molar-refractivity contribution < 1.29 is 9.13 Å². The van der Waals surface area contributed by atoms with Gasteiger partial charge in [0.15, 0.2) is 0 Å². The molecule has 1 unspecified atom stereocenters. The van der Waals surface area contributed by atoms with Crippen LogP contribution in [0.5, 0.6) is 5.75 Å². The zero-order chi connectivity index (χ0) is 11.5. The van der Waals surface area contributed by atoms with Crippen molar-refractivity contribution in [1.82, 2.24) is 0 Å². The zero-order valence-electron chi connectivity index (χ0n) is 9.88. The minimum atomic E-state index is -1.58. The van der Waals surface area contributed by atoms with Gasteiger partial charge in [-0.2, -0.15) is 4.39 Å². The fourth-order valence-corrected chi connectivity index (χ4v) is 1.35. The van der Waals surface area contributed by atoms with Crippen LogP contribution in [0.3, 0.4) is 0 Å². The summed E-state index contributed by atoms with van der Waals surface area (Å²) in [5.41, 5.74) is 1.05. The fourth-order valence-electron chi connectivity index (χ4n) is 1.35. The van der Waals surface area contributed by atoms with Gasteiger partial charge in [0.1, 0.15) is 5.75 Å². The van der Waals surface area contributed by atoms with Gasteiger partial charge < -0.3 is 4.74 Å². The summed E-state index contributed by atoms with van der Waals surface area (Å²) in [5, 5.41) is 0. The number of ether oxygens (including phenoxy) is 1. The first-order valence-corrected chi connectivity index (χ1v) is 5.43. The van der Waals surface area contributed by atoms with E-state index in [0.29, 0.717) is 18.1 Å². The highest BCUT2D eigenvalue weighted by Crippen LogP contribution is 2.30. The van der Waals surface area contributed by atoms with E-state index >= 15 is 0 Å². The molecule has 0 fully saturated rings. The van der Waals surface area contributed by atoms with E-state index in [1.807, 2.05) is 24.3 Å². The molecular formula is C13H19FO. The molecule has 0 amide bonds. The molecule has 1 rings (SSSR count). The van der Waals surface area contributed by atoms with Gasteiger partial charge in [-0.15, -0.1) is 0 Å². The van der Waals surface area contributed by atoms with Crippen molar-refractivity contribution >= 4 is 0 Å². The standard InChI is InChI=1S/C13H19FO/c1-5-13(4,14)15-12-9-7-6-8-11(12)10(2)3/h6-10H,5H2,1-4H3. The Kier molecular flexibility index (Phi) is 3.72. The van der Waals surface area contributed by atoms with Crippen LogP contribution in [0.1, 0.15) is 45.6 Å². The van der Waals surface area contributed by atoms with Gasteiger partial charge in [-0.1, -0.05) is 39.0 Å². The lowest BCUT2D eigenvalue weighted by atomic mass is 10.0. The van der Waals surface area contributed by atoms with Gasteiger partial charge in [0, 0.05) is 13.3 Å². The van der Waals surface area contributed by atoms with Gasteiger partial charge in [0.25, 0.3) is 0 Å². The predicted molar refractivity (Wildman–Crippen MR) is 61.0 cm³/mol. The highest BCUT2D eigenvalue weighted by atomic mass is 19.2. The van der Waals surface area contributed by atoms with Gasteiger partial charge in [0.05, 0.1) is 0 Å². The number of hydrogen-bond acceptors (Lipinski definition) is 1. The van der Waals surface area contributed by atoms with Crippen LogP contribution in [0.25, 0.3) is 0 Å². The van der Waals surface area contributed by atoms with E-state index in [2.05, 4.69) is 13.8 Å². The van der Waals surface area contributed by atoms with Crippen molar-refractivity contribution in [2.45, 2.75) is 45.9 Å². The predicted octanol–water partition coefficient (Wildman–Crippen LogP) is 4.28. The Labute approximate surface area is 91.3 Å². The van der Waals surface area contributed by atoms with E-state index in [1.165, 1.54) is 6.92 Å².